The number of amides is 1. The van der Waals surface area contributed by atoms with Gasteiger partial charge in [0.2, 0.25) is 5.91 Å². The minimum absolute atomic E-state index is 0.0296. The van der Waals surface area contributed by atoms with Crippen molar-refractivity contribution in [1.29, 1.82) is 0 Å². The van der Waals surface area contributed by atoms with E-state index in [1.807, 2.05) is 35.2 Å². The summed E-state index contributed by atoms with van der Waals surface area (Å²) in [7, 11) is 0. The van der Waals surface area contributed by atoms with Gasteiger partial charge in [0.05, 0.1) is 18.6 Å². The smallest absolute Gasteiger partial charge is 0.233 e. The first kappa shape index (κ1) is 14.0. The molecule has 1 fully saturated rings. The summed E-state index contributed by atoms with van der Waals surface area (Å²) >= 11 is 3.56. The quantitative estimate of drug-likeness (QED) is 0.823. The zero-order valence-corrected chi connectivity index (χ0v) is 13.6. The second-order valence-corrected chi connectivity index (χ2v) is 6.69. The van der Waals surface area contributed by atoms with Gasteiger partial charge in [-0.2, -0.15) is 0 Å². The van der Waals surface area contributed by atoms with Gasteiger partial charge in [0, 0.05) is 17.6 Å². The minimum atomic E-state index is -0.162. The normalized spacial score (nSPS) is 23.3. The lowest BCUT2D eigenvalue weighted by Crippen LogP contribution is -2.28. The van der Waals surface area contributed by atoms with E-state index in [4.69, 9.17) is 4.74 Å². The standard InChI is InChI=1S/C18H16BrNO2/c19-15-8-4-7-13-14(15)11-22-16-10-20(18(21)17(13)16)9-12-5-2-1-3-6-12/h1-8,16-17H,9-11H2/t16-,17-/m0/s1. The van der Waals surface area contributed by atoms with Crippen molar-refractivity contribution in [2.75, 3.05) is 6.54 Å². The number of carbonyl (C=O) groups is 1. The SMILES string of the molecule is O=C1[C@H]2c3cccc(Br)c3CO[C@H]2CN1Cc1ccccc1. The lowest BCUT2D eigenvalue weighted by atomic mass is 9.89. The van der Waals surface area contributed by atoms with E-state index in [1.54, 1.807) is 0 Å². The van der Waals surface area contributed by atoms with E-state index in [2.05, 4.69) is 34.1 Å². The zero-order chi connectivity index (χ0) is 15.1. The van der Waals surface area contributed by atoms with E-state index in [9.17, 15) is 4.79 Å². The van der Waals surface area contributed by atoms with Crippen molar-refractivity contribution < 1.29 is 9.53 Å². The summed E-state index contributed by atoms with van der Waals surface area (Å²) in [5.41, 5.74) is 3.38. The van der Waals surface area contributed by atoms with Crippen molar-refractivity contribution in [2.45, 2.75) is 25.2 Å². The van der Waals surface area contributed by atoms with Crippen LogP contribution >= 0.6 is 15.9 Å². The molecule has 0 N–H and O–H groups in total. The number of benzene rings is 2. The summed E-state index contributed by atoms with van der Waals surface area (Å²) in [6, 6.07) is 16.2. The average molecular weight is 358 g/mol. The number of ether oxygens (including phenoxy) is 1. The van der Waals surface area contributed by atoms with E-state index in [0.717, 1.165) is 21.2 Å². The number of nitrogens with zero attached hydrogens (tertiary/aromatic N) is 1. The van der Waals surface area contributed by atoms with Crippen molar-refractivity contribution in [1.82, 2.24) is 4.90 Å². The highest BCUT2D eigenvalue weighted by Crippen LogP contribution is 2.40. The Balaban J connectivity index is 1.63. The van der Waals surface area contributed by atoms with Gasteiger partial charge >= 0.3 is 0 Å². The first-order valence-corrected chi connectivity index (χ1v) is 8.25. The molecule has 22 heavy (non-hydrogen) atoms. The fourth-order valence-electron chi connectivity index (χ4n) is 3.41. The highest BCUT2D eigenvalue weighted by molar-refractivity contribution is 9.10. The molecule has 0 saturated carbocycles. The number of likely N-dealkylation sites (tertiary alicyclic amines) is 1. The van der Waals surface area contributed by atoms with Crippen LogP contribution in [0.4, 0.5) is 0 Å². The Bertz CT molecular complexity index is 716. The Hall–Kier alpha value is -1.65. The Morgan fingerprint density at radius 2 is 1.95 bits per heavy atom. The molecule has 4 rings (SSSR count). The maximum absolute atomic E-state index is 12.8. The molecule has 2 aliphatic heterocycles. The highest BCUT2D eigenvalue weighted by Gasteiger charge is 2.45. The predicted octanol–water partition coefficient (Wildman–Crippen LogP) is 3.47. The van der Waals surface area contributed by atoms with E-state index < -0.39 is 0 Å². The van der Waals surface area contributed by atoms with Crippen molar-refractivity contribution in [2.24, 2.45) is 0 Å². The van der Waals surface area contributed by atoms with Crippen LogP contribution in [-0.2, 0) is 22.7 Å². The van der Waals surface area contributed by atoms with Gasteiger partial charge in [-0.05, 0) is 22.8 Å². The summed E-state index contributed by atoms with van der Waals surface area (Å²) in [5, 5.41) is 0. The molecular weight excluding hydrogens is 342 g/mol. The molecule has 2 aliphatic rings. The largest absolute Gasteiger partial charge is 0.370 e. The molecule has 0 unspecified atom stereocenters. The Kier molecular flexibility index (Phi) is 3.51. The molecule has 1 amide bonds. The summed E-state index contributed by atoms with van der Waals surface area (Å²) in [6.07, 6.45) is -0.0296. The number of hydrogen-bond acceptors (Lipinski definition) is 2. The van der Waals surface area contributed by atoms with Crippen molar-refractivity contribution >= 4 is 21.8 Å². The maximum Gasteiger partial charge on any atom is 0.233 e. The van der Waals surface area contributed by atoms with Gasteiger partial charge in [-0.3, -0.25) is 4.79 Å². The summed E-state index contributed by atoms with van der Waals surface area (Å²) < 4.78 is 6.98. The molecule has 3 nitrogen and oxygen atoms in total. The fourth-order valence-corrected chi connectivity index (χ4v) is 3.90. The third-order valence-electron chi connectivity index (χ3n) is 4.50. The van der Waals surface area contributed by atoms with Gasteiger partial charge in [-0.1, -0.05) is 58.4 Å². The van der Waals surface area contributed by atoms with Crippen LogP contribution in [0.5, 0.6) is 0 Å². The topological polar surface area (TPSA) is 29.5 Å². The van der Waals surface area contributed by atoms with Crippen molar-refractivity contribution in [3.63, 3.8) is 0 Å². The molecule has 0 bridgehead atoms. The zero-order valence-electron chi connectivity index (χ0n) is 12.0. The van der Waals surface area contributed by atoms with Crippen LogP contribution < -0.4 is 0 Å². The Morgan fingerprint density at radius 3 is 2.77 bits per heavy atom. The van der Waals surface area contributed by atoms with Crippen LogP contribution in [0.25, 0.3) is 0 Å². The molecule has 0 spiro atoms. The second kappa shape index (κ2) is 5.52. The second-order valence-electron chi connectivity index (χ2n) is 5.84. The van der Waals surface area contributed by atoms with Crippen LogP contribution in [-0.4, -0.2) is 23.5 Å². The lowest BCUT2D eigenvalue weighted by Gasteiger charge is -2.27. The number of hydrogen-bond donors (Lipinski definition) is 0. The van der Waals surface area contributed by atoms with Gasteiger partial charge < -0.3 is 9.64 Å². The van der Waals surface area contributed by atoms with Crippen molar-refractivity contribution in [3.05, 3.63) is 69.7 Å². The van der Waals surface area contributed by atoms with Crippen LogP contribution in [0.2, 0.25) is 0 Å². The van der Waals surface area contributed by atoms with Crippen LogP contribution in [0.3, 0.4) is 0 Å². The average Bonchev–Trinajstić information content (AvgIpc) is 2.85. The summed E-state index contributed by atoms with van der Waals surface area (Å²) in [5.74, 6) is 0.0119. The van der Waals surface area contributed by atoms with Crippen LogP contribution in [0.1, 0.15) is 22.6 Å². The fraction of sp³-hybridized carbons (Fsp3) is 0.278. The molecule has 2 aromatic rings. The van der Waals surface area contributed by atoms with E-state index >= 15 is 0 Å². The lowest BCUT2D eigenvalue weighted by molar-refractivity contribution is -0.130. The Morgan fingerprint density at radius 1 is 1.14 bits per heavy atom. The van der Waals surface area contributed by atoms with Crippen molar-refractivity contribution in [3.8, 4) is 0 Å². The molecular formula is C18H16BrNO2. The van der Waals surface area contributed by atoms with Gasteiger partial charge in [-0.25, -0.2) is 0 Å². The molecule has 4 heteroatoms. The number of carbonyl (C=O) groups excluding carboxylic acids is 1. The summed E-state index contributed by atoms with van der Waals surface area (Å²) in [6.45, 7) is 1.90. The Labute approximate surface area is 138 Å². The van der Waals surface area contributed by atoms with Gasteiger partial charge in [0.25, 0.3) is 0 Å². The van der Waals surface area contributed by atoms with Crippen LogP contribution in [0, 0.1) is 0 Å². The molecule has 2 atom stereocenters. The monoisotopic (exact) mass is 357 g/mol. The number of fused-ring (bicyclic) bond motifs is 3. The molecule has 2 aromatic carbocycles. The van der Waals surface area contributed by atoms with E-state index in [1.165, 1.54) is 0 Å². The third kappa shape index (κ3) is 2.27. The van der Waals surface area contributed by atoms with Crippen LogP contribution in [0.15, 0.2) is 53.0 Å². The molecule has 0 radical (unpaired) electrons. The first-order valence-electron chi connectivity index (χ1n) is 7.45. The first-order chi connectivity index (χ1) is 10.7. The number of rotatable bonds is 2. The van der Waals surface area contributed by atoms with E-state index in [0.29, 0.717) is 19.7 Å². The molecule has 2 heterocycles. The van der Waals surface area contributed by atoms with Gasteiger partial charge in [0.15, 0.2) is 0 Å². The predicted molar refractivity (Wildman–Crippen MR) is 87.3 cm³/mol. The minimum Gasteiger partial charge on any atom is -0.370 e. The molecule has 0 aliphatic carbocycles. The molecule has 1 saturated heterocycles. The third-order valence-corrected chi connectivity index (χ3v) is 5.24. The van der Waals surface area contributed by atoms with Gasteiger partial charge in [-0.15, -0.1) is 0 Å². The molecule has 0 aromatic heterocycles. The maximum atomic E-state index is 12.8. The molecule has 112 valence electrons. The van der Waals surface area contributed by atoms with E-state index in [-0.39, 0.29) is 17.9 Å². The van der Waals surface area contributed by atoms with Gasteiger partial charge in [0.1, 0.15) is 0 Å². The summed E-state index contributed by atoms with van der Waals surface area (Å²) in [4.78, 5) is 14.8. The number of halogens is 1. The highest BCUT2D eigenvalue weighted by atomic mass is 79.9.